The van der Waals surface area contributed by atoms with E-state index in [4.69, 9.17) is 32.5 Å². The molecule has 0 radical (unpaired) electrons. The molecule has 0 aliphatic carbocycles. The summed E-state index contributed by atoms with van der Waals surface area (Å²) in [6.07, 6.45) is -2.33. The number of carbonyl (C=O) groups is 1. The van der Waals surface area contributed by atoms with Gasteiger partial charge < -0.3 is 30.3 Å². The number of hydrogen-bond donors (Lipinski definition) is 1. The Bertz CT molecular complexity index is 161. The summed E-state index contributed by atoms with van der Waals surface area (Å²) in [4.78, 5) is 8.33. The van der Waals surface area contributed by atoms with Crippen LogP contribution in [0.25, 0.3) is 0 Å². The van der Waals surface area contributed by atoms with Crippen molar-refractivity contribution < 1.29 is 49.6 Å². The maximum Gasteiger partial charge on any atom is 3.00 e. The van der Waals surface area contributed by atoms with Crippen molar-refractivity contribution in [1.29, 1.82) is 0 Å². The number of carbonyl (C=O) groups excluding carboxylic acids is 1. The van der Waals surface area contributed by atoms with Gasteiger partial charge in [-0.3, -0.25) is 8.42 Å². The fraction of sp³-hybridized carbons (Fsp3) is 0. The Balaban J connectivity index is -0.0000000383. The van der Waals surface area contributed by atoms with Crippen molar-refractivity contribution in [2.75, 3.05) is 0 Å². The van der Waals surface area contributed by atoms with Crippen molar-refractivity contribution >= 4 is 16.6 Å². The minimum atomic E-state index is -5.17. The third-order valence-electron chi connectivity index (χ3n) is 0. The topological polar surface area (TPSA) is 180 Å². The SMILES string of the molecule is O=C([O-])[O-].O=S(=O)([O-])[O-].[Mn+3].[NH4+]. The van der Waals surface area contributed by atoms with Gasteiger partial charge in [-0.2, -0.15) is 0 Å². The summed E-state index contributed by atoms with van der Waals surface area (Å²) >= 11 is 0. The summed E-state index contributed by atoms with van der Waals surface area (Å²) in [6.45, 7) is 0. The zero-order chi connectivity index (χ0) is 8.08. The van der Waals surface area contributed by atoms with Crippen molar-refractivity contribution in [2.45, 2.75) is 0 Å². The first-order valence-corrected chi connectivity index (χ1v) is 2.61. The molecule has 0 aliphatic rings. The first-order chi connectivity index (χ1) is 3.73. The van der Waals surface area contributed by atoms with Crippen LogP contribution in [0.15, 0.2) is 0 Å². The summed E-state index contributed by atoms with van der Waals surface area (Å²) in [5.74, 6) is 0. The second kappa shape index (κ2) is 9.62. The largest absolute Gasteiger partial charge is 3.00 e. The van der Waals surface area contributed by atoms with Gasteiger partial charge in [0, 0.05) is 10.4 Å². The van der Waals surface area contributed by atoms with Crippen LogP contribution in [-0.2, 0) is 27.5 Å². The van der Waals surface area contributed by atoms with E-state index in [-0.39, 0.29) is 23.2 Å². The molecular weight excluding hydrogens is 225 g/mol. The Morgan fingerprint density at radius 1 is 1.09 bits per heavy atom. The third-order valence-corrected chi connectivity index (χ3v) is 0. The fourth-order valence-electron chi connectivity index (χ4n) is 0. The second-order valence-electron chi connectivity index (χ2n) is 0.658. The molecule has 0 amide bonds. The third kappa shape index (κ3) is 3860. The molecule has 0 aromatic heterocycles. The van der Waals surface area contributed by atoms with Crippen molar-refractivity contribution in [3.63, 3.8) is 0 Å². The monoisotopic (exact) mass is 229 g/mol. The van der Waals surface area contributed by atoms with Crippen molar-refractivity contribution in [2.24, 2.45) is 0 Å². The summed E-state index contributed by atoms with van der Waals surface area (Å²) in [5, 5.41) is 16.7. The van der Waals surface area contributed by atoms with Crippen LogP contribution >= 0.6 is 0 Å². The van der Waals surface area contributed by atoms with Crippen LogP contribution in [0.2, 0.25) is 0 Å². The van der Waals surface area contributed by atoms with E-state index in [1.807, 2.05) is 0 Å². The molecule has 0 spiro atoms. The normalized spacial score (nSPS) is 7.45. The molecule has 8 nitrogen and oxygen atoms in total. The van der Waals surface area contributed by atoms with E-state index in [1.165, 1.54) is 0 Å². The van der Waals surface area contributed by atoms with Gasteiger partial charge in [0.2, 0.25) is 0 Å². The molecule has 68 valence electrons. The quantitative estimate of drug-likeness (QED) is 0.255. The Hall–Kier alpha value is -0.381. The van der Waals surface area contributed by atoms with E-state index in [2.05, 4.69) is 0 Å². The number of quaternary nitrogens is 1. The summed E-state index contributed by atoms with van der Waals surface area (Å²) in [6, 6.07) is 0. The van der Waals surface area contributed by atoms with E-state index < -0.39 is 16.6 Å². The molecule has 0 rings (SSSR count). The van der Waals surface area contributed by atoms with Gasteiger partial charge >= 0.3 is 17.1 Å². The first-order valence-electron chi connectivity index (χ1n) is 1.28. The van der Waals surface area contributed by atoms with E-state index in [1.54, 1.807) is 0 Å². The number of hydrogen-bond acceptors (Lipinski definition) is 7. The van der Waals surface area contributed by atoms with Crippen LogP contribution < -0.4 is 16.4 Å². The average molecular weight is 229 g/mol. The Morgan fingerprint density at radius 2 is 1.09 bits per heavy atom. The van der Waals surface area contributed by atoms with Gasteiger partial charge in [-0.1, -0.05) is 0 Å². The van der Waals surface area contributed by atoms with Gasteiger partial charge in [0.15, 0.2) is 0 Å². The molecule has 10 heteroatoms. The Morgan fingerprint density at radius 3 is 1.09 bits per heavy atom. The van der Waals surface area contributed by atoms with Gasteiger partial charge in [0.1, 0.15) is 0 Å². The van der Waals surface area contributed by atoms with Crippen LogP contribution in [-0.4, -0.2) is 23.7 Å². The Labute approximate surface area is 72.9 Å². The first kappa shape index (κ1) is 22.4. The van der Waals surface area contributed by atoms with Crippen LogP contribution in [0, 0.1) is 0 Å². The van der Waals surface area contributed by atoms with Gasteiger partial charge in [0.05, 0.1) is 0 Å². The number of carboxylic acid groups (broad SMARTS) is 2. The second-order valence-corrected chi connectivity index (χ2v) is 1.47. The molecular formula is CH4MnNO7S. The molecule has 0 unspecified atom stereocenters. The minimum Gasteiger partial charge on any atom is -0.759 e. The molecule has 0 aromatic carbocycles. The van der Waals surface area contributed by atoms with Crippen LogP contribution in [0.3, 0.4) is 0 Å². The maximum absolute atomic E-state index is 8.52. The molecule has 0 aromatic rings. The van der Waals surface area contributed by atoms with E-state index in [0.29, 0.717) is 0 Å². The van der Waals surface area contributed by atoms with Crippen molar-refractivity contribution in [3.8, 4) is 0 Å². The van der Waals surface area contributed by atoms with Crippen LogP contribution in [0.1, 0.15) is 0 Å². The fourth-order valence-corrected chi connectivity index (χ4v) is 0. The zero-order valence-electron chi connectivity index (χ0n) is 5.14. The van der Waals surface area contributed by atoms with E-state index in [0.717, 1.165) is 0 Å². The minimum absolute atomic E-state index is 0. The van der Waals surface area contributed by atoms with Gasteiger partial charge in [-0.25, -0.2) is 0 Å². The predicted molar refractivity (Wildman–Crippen MR) is 21.9 cm³/mol. The van der Waals surface area contributed by atoms with Gasteiger partial charge in [-0.05, 0) is 6.16 Å². The summed E-state index contributed by atoms with van der Waals surface area (Å²) < 4.78 is 34.1. The van der Waals surface area contributed by atoms with E-state index in [9.17, 15) is 0 Å². The van der Waals surface area contributed by atoms with E-state index >= 15 is 0 Å². The number of rotatable bonds is 0. The summed E-state index contributed by atoms with van der Waals surface area (Å²) in [5.41, 5.74) is 0. The smallest absolute Gasteiger partial charge is 0.759 e. The van der Waals surface area contributed by atoms with Crippen molar-refractivity contribution in [3.05, 3.63) is 0 Å². The molecule has 0 aliphatic heterocycles. The van der Waals surface area contributed by atoms with Crippen LogP contribution in [0.4, 0.5) is 4.79 Å². The maximum atomic E-state index is 8.52. The molecule has 0 saturated heterocycles. The zero-order valence-corrected chi connectivity index (χ0v) is 7.14. The average Bonchev–Trinajstić information content (AvgIpc) is 1.19. The van der Waals surface area contributed by atoms with Gasteiger partial charge in [-0.15, -0.1) is 0 Å². The van der Waals surface area contributed by atoms with Crippen molar-refractivity contribution in [1.82, 2.24) is 6.15 Å². The predicted octanol–water partition coefficient (Wildman–Crippen LogP) is -3.41. The molecule has 11 heavy (non-hydrogen) atoms. The standard InChI is InChI=1S/CH2O3.Mn.H3N.H2O4S/c2-1(3)4;;;1-5(2,3)4/h(H2,2,3,4);;1H3;(H2,1,2,3,4)/q;+3;;/p-3. The van der Waals surface area contributed by atoms with Gasteiger partial charge in [0.25, 0.3) is 0 Å². The molecule has 0 saturated carbocycles. The Kier molecular flexibility index (Phi) is 19.6. The molecule has 4 N–H and O–H groups in total. The summed E-state index contributed by atoms with van der Waals surface area (Å²) in [7, 11) is -5.17. The molecule has 0 heterocycles. The molecule has 0 bridgehead atoms. The molecule has 0 atom stereocenters. The van der Waals surface area contributed by atoms with Crippen LogP contribution in [0.5, 0.6) is 0 Å². The molecule has 0 fully saturated rings.